The van der Waals surface area contributed by atoms with Crippen LogP contribution in [0.25, 0.3) is 0 Å². The first-order valence-electron chi connectivity index (χ1n) is 6.33. The molecule has 3 nitrogen and oxygen atoms in total. The zero-order valence-corrected chi connectivity index (χ0v) is 9.78. The van der Waals surface area contributed by atoms with Gasteiger partial charge in [-0.15, -0.1) is 0 Å². The lowest BCUT2D eigenvalue weighted by atomic mass is 9.82. The van der Waals surface area contributed by atoms with Gasteiger partial charge in [0.2, 0.25) is 0 Å². The monoisotopic (exact) mass is 212 g/mol. The van der Waals surface area contributed by atoms with Crippen LogP contribution in [0.1, 0.15) is 25.7 Å². The van der Waals surface area contributed by atoms with Gasteiger partial charge in [-0.3, -0.25) is 0 Å². The summed E-state index contributed by atoms with van der Waals surface area (Å²) < 4.78 is 0. The minimum Gasteiger partial charge on any atom is -0.393 e. The van der Waals surface area contributed by atoms with E-state index in [1.54, 1.807) is 0 Å². The molecule has 2 rings (SSSR count). The molecular weight excluding hydrogens is 188 g/mol. The standard InChI is InChI=1S/C12H24N2O/c1-14-7-4-12(15)11(9-14)8-10-2-5-13-6-3-10/h10-13,15H,2-9H2,1H3/t11-,12-/m0/s1. The number of piperidine rings is 2. The van der Waals surface area contributed by atoms with E-state index in [0.717, 1.165) is 25.4 Å². The zero-order valence-electron chi connectivity index (χ0n) is 9.78. The summed E-state index contributed by atoms with van der Waals surface area (Å²) in [4.78, 5) is 2.36. The van der Waals surface area contributed by atoms with Crippen LogP contribution >= 0.6 is 0 Å². The second-order valence-electron chi connectivity index (χ2n) is 5.31. The average molecular weight is 212 g/mol. The molecule has 0 aromatic heterocycles. The largest absolute Gasteiger partial charge is 0.393 e. The maximum Gasteiger partial charge on any atom is 0.0592 e. The smallest absolute Gasteiger partial charge is 0.0592 e. The van der Waals surface area contributed by atoms with E-state index in [1.165, 1.54) is 32.4 Å². The summed E-state index contributed by atoms with van der Waals surface area (Å²) in [6, 6.07) is 0. The van der Waals surface area contributed by atoms with Crippen LogP contribution in [0.5, 0.6) is 0 Å². The normalized spacial score (nSPS) is 35.6. The molecule has 0 amide bonds. The number of likely N-dealkylation sites (tertiary alicyclic amines) is 1. The van der Waals surface area contributed by atoms with Gasteiger partial charge in [-0.1, -0.05) is 0 Å². The molecule has 3 heteroatoms. The molecule has 2 atom stereocenters. The Morgan fingerprint density at radius 2 is 2.00 bits per heavy atom. The number of nitrogens with one attached hydrogen (secondary N) is 1. The van der Waals surface area contributed by atoms with Crippen LogP contribution in [-0.4, -0.2) is 49.3 Å². The van der Waals surface area contributed by atoms with Gasteiger partial charge in [0.25, 0.3) is 0 Å². The molecule has 2 aliphatic rings. The summed E-state index contributed by atoms with van der Waals surface area (Å²) in [7, 11) is 2.17. The lowest BCUT2D eigenvalue weighted by Crippen LogP contribution is -2.42. The Bertz CT molecular complexity index is 192. The van der Waals surface area contributed by atoms with Gasteiger partial charge < -0.3 is 15.3 Å². The van der Waals surface area contributed by atoms with Crippen LogP contribution in [0.15, 0.2) is 0 Å². The van der Waals surface area contributed by atoms with E-state index >= 15 is 0 Å². The summed E-state index contributed by atoms with van der Waals surface area (Å²) in [5.74, 6) is 1.37. The van der Waals surface area contributed by atoms with Gasteiger partial charge in [-0.05, 0) is 57.7 Å². The van der Waals surface area contributed by atoms with Gasteiger partial charge in [0, 0.05) is 13.1 Å². The third kappa shape index (κ3) is 3.16. The van der Waals surface area contributed by atoms with Gasteiger partial charge in [-0.25, -0.2) is 0 Å². The lowest BCUT2D eigenvalue weighted by Gasteiger charge is -2.36. The van der Waals surface area contributed by atoms with Crippen molar-refractivity contribution in [3.8, 4) is 0 Å². The lowest BCUT2D eigenvalue weighted by molar-refractivity contribution is 0.0223. The molecule has 88 valence electrons. The second-order valence-corrected chi connectivity index (χ2v) is 5.31. The van der Waals surface area contributed by atoms with Crippen LogP contribution in [0.3, 0.4) is 0 Å². The fourth-order valence-corrected chi connectivity index (χ4v) is 2.98. The number of hydrogen-bond acceptors (Lipinski definition) is 3. The first-order valence-corrected chi connectivity index (χ1v) is 6.33. The Morgan fingerprint density at radius 3 is 2.73 bits per heavy atom. The molecule has 0 aromatic rings. The zero-order chi connectivity index (χ0) is 10.7. The van der Waals surface area contributed by atoms with E-state index in [9.17, 15) is 5.11 Å². The molecule has 2 N–H and O–H groups in total. The van der Waals surface area contributed by atoms with Gasteiger partial charge in [0.1, 0.15) is 0 Å². The highest BCUT2D eigenvalue weighted by Gasteiger charge is 2.28. The summed E-state index contributed by atoms with van der Waals surface area (Å²) in [6.07, 6.45) is 4.75. The van der Waals surface area contributed by atoms with Gasteiger partial charge in [0.05, 0.1) is 6.10 Å². The quantitative estimate of drug-likeness (QED) is 0.707. The van der Waals surface area contributed by atoms with Crippen LogP contribution in [0.4, 0.5) is 0 Å². The fraction of sp³-hybridized carbons (Fsp3) is 1.00. The third-order valence-electron chi connectivity index (χ3n) is 3.99. The number of hydrogen-bond donors (Lipinski definition) is 2. The maximum atomic E-state index is 9.98. The molecule has 0 aliphatic carbocycles. The third-order valence-corrected chi connectivity index (χ3v) is 3.99. The van der Waals surface area contributed by atoms with Crippen molar-refractivity contribution in [1.29, 1.82) is 0 Å². The summed E-state index contributed by atoms with van der Waals surface area (Å²) in [5, 5.41) is 13.4. The fourth-order valence-electron chi connectivity index (χ4n) is 2.98. The van der Waals surface area contributed by atoms with Crippen LogP contribution in [-0.2, 0) is 0 Å². The molecule has 0 spiro atoms. The molecule has 2 aliphatic heterocycles. The second kappa shape index (κ2) is 5.28. The van der Waals surface area contributed by atoms with Crippen molar-refractivity contribution in [2.45, 2.75) is 31.8 Å². The van der Waals surface area contributed by atoms with Crippen molar-refractivity contribution in [3.05, 3.63) is 0 Å². The van der Waals surface area contributed by atoms with Gasteiger partial charge >= 0.3 is 0 Å². The predicted octanol–water partition coefficient (Wildman–Crippen LogP) is 0.689. The Balaban J connectivity index is 1.80. The first-order chi connectivity index (χ1) is 7.25. The SMILES string of the molecule is CN1CC[C@H](O)[C@@H](CC2CCNCC2)C1. The Labute approximate surface area is 92.8 Å². The van der Waals surface area contributed by atoms with E-state index in [2.05, 4.69) is 17.3 Å². The molecule has 2 saturated heterocycles. The van der Waals surface area contributed by atoms with Crippen molar-refractivity contribution >= 4 is 0 Å². The van der Waals surface area contributed by atoms with Crippen LogP contribution < -0.4 is 5.32 Å². The minimum absolute atomic E-state index is 0.0453. The van der Waals surface area contributed by atoms with E-state index in [4.69, 9.17) is 0 Å². The molecule has 0 saturated carbocycles. The highest BCUT2D eigenvalue weighted by Crippen LogP contribution is 2.27. The molecule has 2 heterocycles. The molecule has 2 fully saturated rings. The highest BCUT2D eigenvalue weighted by atomic mass is 16.3. The van der Waals surface area contributed by atoms with E-state index in [0.29, 0.717) is 5.92 Å². The van der Waals surface area contributed by atoms with E-state index in [1.807, 2.05) is 0 Å². The van der Waals surface area contributed by atoms with E-state index < -0.39 is 0 Å². The Hall–Kier alpha value is -0.120. The van der Waals surface area contributed by atoms with Crippen molar-refractivity contribution in [2.24, 2.45) is 11.8 Å². The van der Waals surface area contributed by atoms with E-state index in [-0.39, 0.29) is 6.10 Å². The predicted molar refractivity (Wildman–Crippen MR) is 61.8 cm³/mol. The number of aliphatic hydroxyl groups is 1. The van der Waals surface area contributed by atoms with Gasteiger partial charge in [0.15, 0.2) is 0 Å². The molecular formula is C12H24N2O. The van der Waals surface area contributed by atoms with Gasteiger partial charge in [-0.2, -0.15) is 0 Å². The molecule has 0 aromatic carbocycles. The maximum absolute atomic E-state index is 9.98. The molecule has 0 bridgehead atoms. The summed E-state index contributed by atoms with van der Waals surface area (Å²) >= 11 is 0. The Kier molecular flexibility index (Phi) is 4.00. The van der Waals surface area contributed by atoms with Crippen molar-refractivity contribution in [1.82, 2.24) is 10.2 Å². The van der Waals surface area contributed by atoms with Crippen LogP contribution in [0, 0.1) is 11.8 Å². The Morgan fingerprint density at radius 1 is 1.27 bits per heavy atom. The first kappa shape index (κ1) is 11.4. The number of rotatable bonds is 2. The molecule has 15 heavy (non-hydrogen) atoms. The molecule has 0 unspecified atom stereocenters. The van der Waals surface area contributed by atoms with Crippen molar-refractivity contribution < 1.29 is 5.11 Å². The summed E-state index contributed by atoms with van der Waals surface area (Å²) in [5.41, 5.74) is 0. The molecule has 0 radical (unpaired) electrons. The van der Waals surface area contributed by atoms with Crippen molar-refractivity contribution in [3.63, 3.8) is 0 Å². The minimum atomic E-state index is -0.0453. The number of nitrogens with zero attached hydrogens (tertiary/aromatic N) is 1. The van der Waals surface area contributed by atoms with Crippen molar-refractivity contribution in [2.75, 3.05) is 33.2 Å². The van der Waals surface area contributed by atoms with Crippen LogP contribution in [0.2, 0.25) is 0 Å². The summed E-state index contributed by atoms with van der Waals surface area (Å²) in [6.45, 7) is 4.49. The highest BCUT2D eigenvalue weighted by molar-refractivity contribution is 4.82. The topological polar surface area (TPSA) is 35.5 Å². The number of aliphatic hydroxyl groups excluding tert-OH is 1. The average Bonchev–Trinajstić information content (AvgIpc) is 2.25.